The second-order valence-corrected chi connectivity index (χ2v) is 5.32. The smallest absolute Gasteiger partial charge is 0.251 e. The highest BCUT2D eigenvalue weighted by Gasteiger charge is 2.17. The molecule has 0 bridgehead atoms. The van der Waals surface area contributed by atoms with Crippen LogP contribution in [0.1, 0.15) is 28.9 Å². The molecule has 1 aliphatic rings. The summed E-state index contributed by atoms with van der Waals surface area (Å²) in [5, 5.41) is 5.41. The van der Waals surface area contributed by atoms with Gasteiger partial charge in [0.25, 0.3) is 5.91 Å². The number of carbonyl (C=O) groups excluding carboxylic acids is 2. The van der Waals surface area contributed by atoms with Crippen molar-refractivity contribution in [2.24, 2.45) is 0 Å². The first-order chi connectivity index (χ1) is 11.6. The molecule has 2 aromatic rings. The third-order valence-electron chi connectivity index (χ3n) is 3.63. The Hall–Kier alpha value is -3.09. The van der Waals surface area contributed by atoms with Crippen molar-refractivity contribution in [2.75, 3.05) is 13.3 Å². The fourth-order valence-corrected chi connectivity index (χ4v) is 2.33. The summed E-state index contributed by atoms with van der Waals surface area (Å²) in [6.07, 6.45) is 3.33. The number of carbonyl (C=O) groups is 2. The lowest BCUT2D eigenvalue weighted by Crippen LogP contribution is -2.38. The molecule has 0 unspecified atom stereocenters. The summed E-state index contributed by atoms with van der Waals surface area (Å²) in [5.41, 5.74) is 1.36. The number of hydrogen-bond donors (Lipinski definition) is 2. The molecule has 0 radical (unpaired) electrons. The summed E-state index contributed by atoms with van der Waals surface area (Å²) in [6.45, 7) is 1.91. The Balaban J connectivity index is 1.51. The van der Waals surface area contributed by atoms with Crippen LogP contribution in [0.5, 0.6) is 11.5 Å². The number of amides is 2. The van der Waals surface area contributed by atoms with Gasteiger partial charge < -0.3 is 20.1 Å². The van der Waals surface area contributed by atoms with Gasteiger partial charge in [0.2, 0.25) is 12.7 Å². The van der Waals surface area contributed by atoms with E-state index in [1.165, 1.54) is 0 Å². The summed E-state index contributed by atoms with van der Waals surface area (Å²) in [7, 11) is 0. The van der Waals surface area contributed by atoms with Crippen molar-refractivity contribution in [1.29, 1.82) is 0 Å². The van der Waals surface area contributed by atoms with E-state index in [0.29, 0.717) is 17.1 Å². The minimum absolute atomic E-state index is 0.108. The second-order valence-electron chi connectivity index (χ2n) is 5.32. The SMILES string of the molecule is C[C@H](NC(=O)CNC(=O)c1ccc2c(c1)OCO2)c1ccncc1. The van der Waals surface area contributed by atoms with Gasteiger partial charge in [-0.2, -0.15) is 0 Å². The molecular weight excluding hydrogens is 310 g/mol. The van der Waals surface area contributed by atoms with E-state index in [4.69, 9.17) is 9.47 Å². The lowest BCUT2D eigenvalue weighted by atomic mass is 10.1. The van der Waals surface area contributed by atoms with Crippen LogP contribution in [-0.2, 0) is 4.79 Å². The Kier molecular flexibility index (Phi) is 4.60. The Morgan fingerprint density at radius 2 is 1.92 bits per heavy atom. The van der Waals surface area contributed by atoms with E-state index in [9.17, 15) is 9.59 Å². The highest BCUT2D eigenvalue weighted by molar-refractivity contribution is 5.97. The first-order valence-corrected chi connectivity index (χ1v) is 7.50. The van der Waals surface area contributed by atoms with E-state index in [1.807, 2.05) is 19.1 Å². The number of benzene rings is 1. The molecule has 0 saturated carbocycles. The quantitative estimate of drug-likeness (QED) is 0.867. The third-order valence-corrected chi connectivity index (χ3v) is 3.63. The van der Waals surface area contributed by atoms with Gasteiger partial charge in [-0.3, -0.25) is 14.6 Å². The monoisotopic (exact) mass is 327 g/mol. The molecule has 124 valence electrons. The van der Waals surface area contributed by atoms with Gasteiger partial charge in [0.15, 0.2) is 11.5 Å². The Morgan fingerprint density at radius 3 is 2.71 bits per heavy atom. The molecule has 7 heteroatoms. The molecule has 1 aliphatic heterocycles. The van der Waals surface area contributed by atoms with E-state index >= 15 is 0 Å². The maximum atomic E-state index is 12.1. The van der Waals surface area contributed by atoms with E-state index < -0.39 is 0 Å². The van der Waals surface area contributed by atoms with Crippen molar-refractivity contribution in [1.82, 2.24) is 15.6 Å². The van der Waals surface area contributed by atoms with E-state index in [2.05, 4.69) is 15.6 Å². The van der Waals surface area contributed by atoms with Gasteiger partial charge in [0.1, 0.15) is 0 Å². The van der Waals surface area contributed by atoms with E-state index in [0.717, 1.165) is 5.56 Å². The fraction of sp³-hybridized carbons (Fsp3) is 0.235. The number of hydrogen-bond acceptors (Lipinski definition) is 5. The van der Waals surface area contributed by atoms with Crippen LogP contribution in [0, 0.1) is 0 Å². The predicted octanol–water partition coefficient (Wildman–Crippen LogP) is 1.42. The largest absolute Gasteiger partial charge is 0.454 e. The second kappa shape index (κ2) is 6.99. The molecular formula is C17H17N3O4. The molecule has 1 atom stereocenters. The number of rotatable bonds is 5. The summed E-state index contributed by atoms with van der Waals surface area (Å²) in [4.78, 5) is 28.0. The van der Waals surface area contributed by atoms with Gasteiger partial charge in [0.05, 0.1) is 12.6 Å². The first kappa shape index (κ1) is 15.8. The summed E-state index contributed by atoms with van der Waals surface area (Å²) >= 11 is 0. The fourth-order valence-electron chi connectivity index (χ4n) is 2.33. The Morgan fingerprint density at radius 1 is 1.17 bits per heavy atom. The van der Waals surface area contributed by atoms with E-state index in [1.54, 1.807) is 30.6 Å². The molecule has 1 aromatic carbocycles. The molecule has 2 amide bonds. The molecule has 0 saturated heterocycles. The molecule has 7 nitrogen and oxygen atoms in total. The zero-order valence-electron chi connectivity index (χ0n) is 13.1. The molecule has 0 fully saturated rings. The highest BCUT2D eigenvalue weighted by Crippen LogP contribution is 2.32. The number of nitrogens with zero attached hydrogens (tertiary/aromatic N) is 1. The molecule has 2 N–H and O–H groups in total. The summed E-state index contributed by atoms with van der Waals surface area (Å²) in [5.74, 6) is 0.516. The lowest BCUT2D eigenvalue weighted by Gasteiger charge is -2.14. The van der Waals surface area contributed by atoms with Gasteiger partial charge in [-0.25, -0.2) is 0 Å². The number of pyridine rings is 1. The Labute approximate surface area is 139 Å². The van der Waals surface area contributed by atoms with Gasteiger partial charge in [-0.15, -0.1) is 0 Å². The molecule has 3 rings (SSSR count). The van der Waals surface area contributed by atoms with Gasteiger partial charge in [0, 0.05) is 18.0 Å². The average Bonchev–Trinajstić information content (AvgIpc) is 3.08. The summed E-state index contributed by atoms with van der Waals surface area (Å²) in [6, 6.07) is 8.38. The molecule has 0 spiro atoms. The Bertz CT molecular complexity index is 749. The van der Waals surface area contributed by atoms with Crippen LogP contribution in [0.4, 0.5) is 0 Å². The highest BCUT2D eigenvalue weighted by atomic mass is 16.7. The van der Waals surface area contributed by atoms with Crippen LogP contribution in [0.25, 0.3) is 0 Å². The van der Waals surface area contributed by atoms with Crippen LogP contribution in [-0.4, -0.2) is 30.1 Å². The minimum atomic E-state index is -0.347. The minimum Gasteiger partial charge on any atom is -0.454 e. The number of ether oxygens (including phenoxy) is 2. The zero-order valence-corrected chi connectivity index (χ0v) is 13.1. The summed E-state index contributed by atoms with van der Waals surface area (Å²) < 4.78 is 10.4. The molecule has 2 heterocycles. The molecule has 0 aliphatic carbocycles. The van der Waals surface area contributed by atoms with Crippen molar-refractivity contribution in [3.05, 3.63) is 53.9 Å². The molecule has 1 aromatic heterocycles. The standard InChI is InChI=1S/C17H17N3O4/c1-11(12-4-6-18-7-5-12)20-16(21)9-19-17(22)13-2-3-14-15(8-13)24-10-23-14/h2-8,11H,9-10H2,1H3,(H,19,22)(H,20,21)/t11-/m0/s1. The third kappa shape index (κ3) is 3.62. The number of nitrogens with one attached hydrogen (secondary N) is 2. The zero-order chi connectivity index (χ0) is 16.9. The lowest BCUT2D eigenvalue weighted by molar-refractivity contribution is -0.120. The van der Waals surface area contributed by atoms with Crippen LogP contribution < -0.4 is 20.1 Å². The average molecular weight is 327 g/mol. The van der Waals surface area contributed by atoms with Crippen molar-refractivity contribution in [3.63, 3.8) is 0 Å². The van der Waals surface area contributed by atoms with Crippen molar-refractivity contribution in [3.8, 4) is 11.5 Å². The predicted molar refractivity (Wildman–Crippen MR) is 85.7 cm³/mol. The van der Waals surface area contributed by atoms with Crippen LogP contribution in [0.2, 0.25) is 0 Å². The first-order valence-electron chi connectivity index (χ1n) is 7.50. The van der Waals surface area contributed by atoms with Gasteiger partial charge in [-0.05, 0) is 42.8 Å². The number of aromatic nitrogens is 1. The normalized spacial score (nSPS) is 13.2. The number of fused-ring (bicyclic) bond motifs is 1. The van der Waals surface area contributed by atoms with Crippen molar-refractivity contribution in [2.45, 2.75) is 13.0 Å². The van der Waals surface area contributed by atoms with Gasteiger partial charge >= 0.3 is 0 Å². The van der Waals surface area contributed by atoms with Crippen molar-refractivity contribution >= 4 is 11.8 Å². The van der Waals surface area contributed by atoms with Crippen molar-refractivity contribution < 1.29 is 19.1 Å². The maximum Gasteiger partial charge on any atom is 0.251 e. The molecule has 24 heavy (non-hydrogen) atoms. The van der Waals surface area contributed by atoms with E-state index in [-0.39, 0.29) is 31.2 Å². The van der Waals surface area contributed by atoms with Gasteiger partial charge in [-0.1, -0.05) is 0 Å². The van der Waals surface area contributed by atoms with Crippen LogP contribution >= 0.6 is 0 Å². The maximum absolute atomic E-state index is 12.1. The van der Waals surface area contributed by atoms with Crippen LogP contribution in [0.15, 0.2) is 42.7 Å². The topological polar surface area (TPSA) is 89.6 Å². The van der Waals surface area contributed by atoms with Crippen LogP contribution in [0.3, 0.4) is 0 Å².